The number of halogens is 2. The van der Waals surface area contributed by atoms with Gasteiger partial charge in [-0.15, -0.1) is 36.2 Å². The topological polar surface area (TPSA) is 95.4 Å². The molecule has 0 spiro atoms. The van der Waals surface area contributed by atoms with Crippen LogP contribution in [0.3, 0.4) is 0 Å². The SMILES string of the molecule is CCCCCCc1cc2c(=O)c(-c3nc(C)cs3)coc2cc1OC(=O)CCCCCN.Cl.Cl. The minimum Gasteiger partial charge on any atom is -0.463 e. The van der Waals surface area contributed by atoms with E-state index in [1.807, 2.05) is 18.4 Å². The number of ether oxygens (including phenoxy) is 1. The quantitative estimate of drug-likeness (QED) is 0.161. The lowest BCUT2D eigenvalue weighted by atomic mass is 10.0. The number of aromatic nitrogens is 1. The van der Waals surface area contributed by atoms with E-state index < -0.39 is 0 Å². The number of carbonyl (C=O) groups is 1. The molecule has 34 heavy (non-hydrogen) atoms. The van der Waals surface area contributed by atoms with Gasteiger partial charge in [0, 0.05) is 23.6 Å². The molecule has 1 aromatic carbocycles. The van der Waals surface area contributed by atoms with Crippen LogP contribution in [0.5, 0.6) is 5.75 Å². The summed E-state index contributed by atoms with van der Waals surface area (Å²) in [6.07, 6.45) is 9.45. The molecule has 0 saturated carbocycles. The minimum absolute atomic E-state index is 0. The predicted octanol–water partition coefficient (Wildman–Crippen LogP) is 6.62. The van der Waals surface area contributed by atoms with Crippen molar-refractivity contribution >= 4 is 53.1 Å². The zero-order valence-electron chi connectivity index (χ0n) is 19.8. The predicted molar refractivity (Wildman–Crippen MR) is 144 cm³/mol. The van der Waals surface area contributed by atoms with Gasteiger partial charge in [0.05, 0.1) is 10.9 Å². The Morgan fingerprint density at radius 3 is 2.56 bits per heavy atom. The molecular formula is C25H34Cl2N2O4S. The van der Waals surface area contributed by atoms with Gasteiger partial charge in [-0.1, -0.05) is 32.6 Å². The lowest BCUT2D eigenvalue weighted by Gasteiger charge is -2.12. The number of rotatable bonds is 12. The molecule has 2 N–H and O–H groups in total. The fourth-order valence-corrected chi connectivity index (χ4v) is 4.42. The van der Waals surface area contributed by atoms with Gasteiger partial charge in [0.1, 0.15) is 22.6 Å². The summed E-state index contributed by atoms with van der Waals surface area (Å²) in [5, 5.41) is 3.05. The molecule has 0 saturated heterocycles. The highest BCUT2D eigenvalue weighted by Crippen LogP contribution is 2.29. The first-order chi connectivity index (χ1) is 15.5. The summed E-state index contributed by atoms with van der Waals surface area (Å²) in [4.78, 5) is 30.0. The van der Waals surface area contributed by atoms with E-state index in [-0.39, 0.29) is 36.2 Å². The third-order valence-electron chi connectivity index (χ3n) is 5.41. The smallest absolute Gasteiger partial charge is 0.311 e. The first-order valence-corrected chi connectivity index (χ1v) is 12.3. The molecule has 0 fully saturated rings. The molecule has 9 heteroatoms. The summed E-state index contributed by atoms with van der Waals surface area (Å²) in [5.74, 6) is 0.215. The standard InChI is InChI=1S/C25H32N2O4S.2ClH/c1-3-4-5-7-10-18-13-19-22(14-21(18)31-23(28)11-8-6-9-12-26)30-15-20(24(19)29)25-27-17(2)16-32-25;;/h13-16H,3-12,26H2,1-2H3;2*1H. The van der Waals surface area contributed by atoms with Crippen LogP contribution in [0.15, 0.2) is 33.0 Å². The normalized spacial score (nSPS) is 10.6. The number of hydrogen-bond acceptors (Lipinski definition) is 7. The Morgan fingerprint density at radius 2 is 1.88 bits per heavy atom. The van der Waals surface area contributed by atoms with E-state index in [0.717, 1.165) is 62.6 Å². The van der Waals surface area contributed by atoms with E-state index >= 15 is 0 Å². The number of esters is 1. The van der Waals surface area contributed by atoms with E-state index in [2.05, 4.69) is 11.9 Å². The number of thiazole rings is 1. The maximum atomic E-state index is 13.2. The number of aryl methyl sites for hydroxylation is 2. The van der Waals surface area contributed by atoms with E-state index in [1.165, 1.54) is 17.6 Å². The van der Waals surface area contributed by atoms with Crippen LogP contribution in [0.25, 0.3) is 21.5 Å². The lowest BCUT2D eigenvalue weighted by Crippen LogP contribution is -2.11. The van der Waals surface area contributed by atoms with Gasteiger partial charge in [-0.05, 0) is 50.8 Å². The monoisotopic (exact) mass is 528 g/mol. The first kappa shape index (κ1) is 30.1. The van der Waals surface area contributed by atoms with Crippen molar-refractivity contribution in [2.45, 2.75) is 71.6 Å². The van der Waals surface area contributed by atoms with Crippen LogP contribution in [-0.4, -0.2) is 17.5 Å². The summed E-state index contributed by atoms with van der Waals surface area (Å²) in [7, 11) is 0. The van der Waals surface area contributed by atoms with Gasteiger partial charge >= 0.3 is 5.97 Å². The van der Waals surface area contributed by atoms with Crippen molar-refractivity contribution in [3.8, 4) is 16.3 Å². The Kier molecular flexibility index (Phi) is 13.4. The zero-order valence-corrected chi connectivity index (χ0v) is 22.2. The van der Waals surface area contributed by atoms with Crippen LogP contribution >= 0.6 is 36.2 Å². The lowest BCUT2D eigenvalue weighted by molar-refractivity contribution is -0.134. The van der Waals surface area contributed by atoms with Crippen molar-refractivity contribution < 1.29 is 13.9 Å². The van der Waals surface area contributed by atoms with Crippen LogP contribution < -0.4 is 15.9 Å². The third-order valence-corrected chi connectivity index (χ3v) is 6.41. The molecule has 3 aromatic rings. The molecular weight excluding hydrogens is 495 g/mol. The Balaban J connectivity index is 0.00000289. The number of fused-ring (bicyclic) bond motifs is 1. The summed E-state index contributed by atoms with van der Waals surface area (Å²) < 4.78 is 11.5. The highest BCUT2D eigenvalue weighted by atomic mass is 35.5. The molecule has 0 bridgehead atoms. The summed E-state index contributed by atoms with van der Waals surface area (Å²) >= 11 is 1.42. The van der Waals surface area contributed by atoms with Crippen molar-refractivity contribution in [1.82, 2.24) is 4.98 Å². The highest BCUT2D eigenvalue weighted by molar-refractivity contribution is 7.13. The van der Waals surface area contributed by atoms with Gasteiger partial charge in [-0.2, -0.15) is 0 Å². The number of benzene rings is 1. The molecule has 2 heterocycles. The van der Waals surface area contributed by atoms with Crippen LogP contribution in [-0.2, 0) is 11.2 Å². The van der Waals surface area contributed by atoms with Crippen LogP contribution in [0.1, 0.15) is 69.5 Å². The van der Waals surface area contributed by atoms with Crippen molar-refractivity contribution in [2.75, 3.05) is 6.54 Å². The van der Waals surface area contributed by atoms with Crippen molar-refractivity contribution in [3.63, 3.8) is 0 Å². The fraction of sp³-hybridized carbons (Fsp3) is 0.480. The number of hydrogen-bond donors (Lipinski definition) is 1. The van der Waals surface area contributed by atoms with E-state index in [0.29, 0.717) is 40.3 Å². The van der Waals surface area contributed by atoms with E-state index in [1.54, 1.807) is 6.07 Å². The molecule has 2 aromatic heterocycles. The van der Waals surface area contributed by atoms with Gasteiger partial charge in [-0.25, -0.2) is 4.98 Å². The first-order valence-electron chi connectivity index (χ1n) is 11.4. The molecule has 188 valence electrons. The van der Waals surface area contributed by atoms with Gasteiger partial charge in [-0.3, -0.25) is 9.59 Å². The number of nitrogens with zero attached hydrogens (tertiary/aromatic N) is 1. The second kappa shape index (κ2) is 15.1. The second-order valence-electron chi connectivity index (χ2n) is 8.11. The molecule has 0 atom stereocenters. The summed E-state index contributed by atoms with van der Waals surface area (Å²) in [6, 6.07) is 3.51. The molecule has 0 aliphatic heterocycles. The minimum atomic E-state index is -0.270. The largest absolute Gasteiger partial charge is 0.463 e. The Labute approximate surface area is 217 Å². The van der Waals surface area contributed by atoms with Crippen molar-refractivity contribution in [1.29, 1.82) is 0 Å². The summed E-state index contributed by atoms with van der Waals surface area (Å²) in [6.45, 7) is 4.69. The van der Waals surface area contributed by atoms with Gasteiger partial charge in [0.2, 0.25) is 5.43 Å². The Morgan fingerprint density at radius 1 is 1.12 bits per heavy atom. The molecule has 0 unspecified atom stereocenters. The zero-order chi connectivity index (χ0) is 22.9. The van der Waals surface area contributed by atoms with E-state index in [9.17, 15) is 9.59 Å². The molecule has 0 amide bonds. The summed E-state index contributed by atoms with van der Waals surface area (Å²) in [5.41, 5.74) is 8.00. The maximum Gasteiger partial charge on any atom is 0.311 e. The van der Waals surface area contributed by atoms with Crippen LogP contribution in [0.2, 0.25) is 0 Å². The number of nitrogens with two attached hydrogens (primary N) is 1. The Bertz CT molecular complexity index is 1110. The fourth-order valence-electron chi connectivity index (χ4n) is 3.62. The van der Waals surface area contributed by atoms with E-state index in [4.69, 9.17) is 14.9 Å². The van der Waals surface area contributed by atoms with Gasteiger partial charge in [0.25, 0.3) is 0 Å². The molecule has 0 aliphatic carbocycles. The van der Waals surface area contributed by atoms with Crippen LogP contribution in [0.4, 0.5) is 0 Å². The third kappa shape index (κ3) is 8.08. The van der Waals surface area contributed by atoms with Crippen LogP contribution in [0, 0.1) is 6.92 Å². The second-order valence-corrected chi connectivity index (χ2v) is 8.97. The molecule has 6 nitrogen and oxygen atoms in total. The Hall–Kier alpha value is -1.93. The molecule has 0 radical (unpaired) electrons. The highest BCUT2D eigenvalue weighted by Gasteiger charge is 2.17. The number of carbonyl (C=O) groups excluding carboxylic acids is 1. The van der Waals surface area contributed by atoms with Gasteiger partial charge < -0.3 is 14.9 Å². The van der Waals surface area contributed by atoms with Crippen molar-refractivity contribution in [3.05, 3.63) is 45.3 Å². The average molecular weight is 530 g/mol. The van der Waals surface area contributed by atoms with Gasteiger partial charge in [0.15, 0.2) is 0 Å². The molecule has 0 aliphatic rings. The van der Waals surface area contributed by atoms with Crippen molar-refractivity contribution in [2.24, 2.45) is 5.73 Å². The number of unbranched alkanes of at least 4 members (excludes halogenated alkanes) is 5. The molecule has 3 rings (SSSR count). The average Bonchev–Trinajstić information content (AvgIpc) is 3.21. The maximum absolute atomic E-state index is 13.2.